The fourth-order valence-electron chi connectivity index (χ4n) is 0.690. The summed E-state index contributed by atoms with van der Waals surface area (Å²) in [5.74, 6) is -1.34. The predicted molar refractivity (Wildman–Crippen MR) is 38.6 cm³/mol. The van der Waals surface area contributed by atoms with Crippen molar-refractivity contribution in [1.29, 1.82) is 0 Å². The molecule has 2 N–H and O–H groups in total. The molecule has 5 nitrogen and oxygen atoms in total. The number of furan rings is 1. The second kappa shape index (κ2) is 3.08. The van der Waals surface area contributed by atoms with Gasteiger partial charge in [0.2, 0.25) is 0 Å². The van der Waals surface area contributed by atoms with Crippen molar-refractivity contribution in [3.8, 4) is 0 Å². The van der Waals surface area contributed by atoms with E-state index in [-0.39, 0.29) is 11.3 Å². The van der Waals surface area contributed by atoms with Gasteiger partial charge < -0.3 is 14.9 Å². The van der Waals surface area contributed by atoms with Crippen molar-refractivity contribution >= 4 is 11.9 Å². The van der Waals surface area contributed by atoms with Crippen molar-refractivity contribution in [2.75, 3.05) is 7.11 Å². The first-order valence-electron chi connectivity index (χ1n) is 3.12. The Morgan fingerprint density at radius 3 is 2.67 bits per heavy atom. The minimum atomic E-state index is -0.717. The molecule has 0 aliphatic rings. The molecule has 0 aliphatic carbocycles. The van der Waals surface area contributed by atoms with Gasteiger partial charge in [0.25, 0.3) is 5.91 Å². The van der Waals surface area contributed by atoms with Gasteiger partial charge in [-0.15, -0.1) is 0 Å². The molecule has 0 unspecified atom stereocenters. The van der Waals surface area contributed by atoms with Crippen LogP contribution < -0.4 is 5.73 Å². The summed E-state index contributed by atoms with van der Waals surface area (Å²) in [7, 11) is 1.24. The van der Waals surface area contributed by atoms with Crippen LogP contribution in [0.5, 0.6) is 0 Å². The van der Waals surface area contributed by atoms with Gasteiger partial charge in [0, 0.05) is 6.07 Å². The minimum absolute atomic E-state index is 0.0598. The minimum Gasteiger partial charge on any atom is -0.465 e. The summed E-state index contributed by atoms with van der Waals surface area (Å²) < 4.78 is 9.05. The van der Waals surface area contributed by atoms with Gasteiger partial charge in [-0.05, 0) is 0 Å². The van der Waals surface area contributed by atoms with Crippen LogP contribution in [0.25, 0.3) is 0 Å². The molecule has 64 valence electrons. The molecule has 1 aromatic rings. The average Bonchev–Trinajstić information content (AvgIpc) is 2.51. The molecular formula is C7H7NO4. The van der Waals surface area contributed by atoms with E-state index < -0.39 is 11.9 Å². The Hall–Kier alpha value is -1.78. The molecule has 0 fully saturated rings. The van der Waals surface area contributed by atoms with Gasteiger partial charge in [-0.1, -0.05) is 0 Å². The molecule has 5 heteroatoms. The standard InChI is InChI=1S/C7H7NO4/c1-11-7(10)4-2-5(6(8)9)12-3-4/h2-3H,1H3,(H2,8,9). The summed E-state index contributed by atoms with van der Waals surface area (Å²) in [6.07, 6.45) is 1.12. The molecule has 0 spiro atoms. The van der Waals surface area contributed by atoms with Crippen molar-refractivity contribution in [1.82, 2.24) is 0 Å². The predicted octanol–water partition coefficient (Wildman–Crippen LogP) is 0.165. The largest absolute Gasteiger partial charge is 0.465 e. The molecule has 0 saturated heterocycles. The molecule has 0 radical (unpaired) electrons. The van der Waals surface area contributed by atoms with Crippen LogP contribution in [0.2, 0.25) is 0 Å². The van der Waals surface area contributed by atoms with Gasteiger partial charge >= 0.3 is 5.97 Å². The number of ether oxygens (including phenoxy) is 1. The molecule has 0 atom stereocenters. The first kappa shape index (κ1) is 8.32. The van der Waals surface area contributed by atoms with Crippen LogP contribution in [0.15, 0.2) is 16.7 Å². The maximum atomic E-state index is 10.8. The Bertz CT molecular complexity index is 315. The molecule has 1 amide bonds. The first-order chi connectivity index (χ1) is 5.65. The lowest BCUT2D eigenvalue weighted by atomic mass is 10.3. The highest BCUT2D eigenvalue weighted by Crippen LogP contribution is 2.07. The summed E-state index contributed by atoms with van der Waals surface area (Å²) >= 11 is 0. The van der Waals surface area contributed by atoms with Gasteiger partial charge in [-0.2, -0.15) is 0 Å². The molecular weight excluding hydrogens is 162 g/mol. The Balaban J connectivity index is 2.91. The molecule has 0 aromatic carbocycles. The van der Waals surface area contributed by atoms with E-state index in [0.717, 1.165) is 6.26 Å². The van der Waals surface area contributed by atoms with Crippen molar-refractivity contribution in [2.45, 2.75) is 0 Å². The van der Waals surface area contributed by atoms with Crippen LogP contribution in [0, 0.1) is 0 Å². The Labute approximate surface area is 68.1 Å². The van der Waals surface area contributed by atoms with E-state index in [9.17, 15) is 9.59 Å². The number of amides is 1. The number of rotatable bonds is 2. The molecule has 0 bridgehead atoms. The smallest absolute Gasteiger partial charge is 0.341 e. The fourth-order valence-corrected chi connectivity index (χ4v) is 0.690. The van der Waals surface area contributed by atoms with Crippen LogP contribution in [0.4, 0.5) is 0 Å². The third-order valence-electron chi connectivity index (χ3n) is 1.26. The van der Waals surface area contributed by atoms with E-state index in [1.165, 1.54) is 13.2 Å². The van der Waals surface area contributed by atoms with Crippen molar-refractivity contribution in [3.05, 3.63) is 23.7 Å². The zero-order chi connectivity index (χ0) is 9.14. The number of hydrogen-bond donors (Lipinski definition) is 1. The Morgan fingerprint density at radius 1 is 1.58 bits per heavy atom. The van der Waals surface area contributed by atoms with E-state index >= 15 is 0 Å². The van der Waals surface area contributed by atoms with Gasteiger partial charge in [0.1, 0.15) is 6.26 Å². The third-order valence-corrected chi connectivity index (χ3v) is 1.26. The number of primary amides is 1. The molecule has 1 heterocycles. The van der Waals surface area contributed by atoms with Gasteiger partial charge in [-0.25, -0.2) is 4.79 Å². The van der Waals surface area contributed by atoms with E-state index in [1.807, 2.05) is 0 Å². The number of carbonyl (C=O) groups is 2. The molecule has 0 aliphatic heterocycles. The quantitative estimate of drug-likeness (QED) is 0.639. The van der Waals surface area contributed by atoms with E-state index in [0.29, 0.717) is 0 Å². The van der Waals surface area contributed by atoms with Crippen LogP contribution >= 0.6 is 0 Å². The number of carbonyl (C=O) groups excluding carboxylic acids is 2. The number of hydrogen-bond acceptors (Lipinski definition) is 4. The summed E-state index contributed by atoms with van der Waals surface area (Å²) in [6, 6.07) is 1.23. The van der Waals surface area contributed by atoms with E-state index in [2.05, 4.69) is 9.15 Å². The van der Waals surface area contributed by atoms with Crippen molar-refractivity contribution < 1.29 is 18.7 Å². The number of esters is 1. The highest BCUT2D eigenvalue weighted by atomic mass is 16.5. The molecule has 12 heavy (non-hydrogen) atoms. The zero-order valence-electron chi connectivity index (χ0n) is 6.37. The average molecular weight is 169 g/mol. The number of nitrogens with two attached hydrogens (primary N) is 1. The van der Waals surface area contributed by atoms with Crippen LogP contribution in [-0.2, 0) is 4.74 Å². The maximum absolute atomic E-state index is 10.8. The lowest BCUT2D eigenvalue weighted by molar-refractivity contribution is 0.0600. The van der Waals surface area contributed by atoms with E-state index in [1.54, 1.807) is 0 Å². The zero-order valence-corrected chi connectivity index (χ0v) is 6.37. The van der Waals surface area contributed by atoms with Crippen LogP contribution in [-0.4, -0.2) is 19.0 Å². The Morgan fingerprint density at radius 2 is 2.25 bits per heavy atom. The second-order valence-electron chi connectivity index (χ2n) is 2.06. The SMILES string of the molecule is COC(=O)c1coc(C(N)=O)c1. The van der Waals surface area contributed by atoms with Crippen LogP contribution in [0.3, 0.4) is 0 Å². The summed E-state index contributed by atoms with van der Waals surface area (Å²) in [6.45, 7) is 0. The summed E-state index contributed by atoms with van der Waals surface area (Å²) in [5, 5.41) is 0. The Kier molecular flexibility index (Phi) is 2.14. The maximum Gasteiger partial charge on any atom is 0.341 e. The highest BCUT2D eigenvalue weighted by Gasteiger charge is 2.12. The summed E-state index contributed by atoms with van der Waals surface area (Å²) in [4.78, 5) is 21.3. The normalized spacial score (nSPS) is 9.42. The van der Waals surface area contributed by atoms with Crippen molar-refractivity contribution in [2.24, 2.45) is 5.73 Å². The van der Waals surface area contributed by atoms with E-state index in [4.69, 9.17) is 5.73 Å². The van der Waals surface area contributed by atoms with Crippen molar-refractivity contribution in [3.63, 3.8) is 0 Å². The van der Waals surface area contributed by atoms with Gasteiger partial charge in [0.15, 0.2) is 5.76 Å². The topological polar surface area (TPSA) is 82.5 Å². The van der Waals surface area contributed by atoms with Gasteiger partial charge in [-0.3, -0.25) is 4.79 Å². The third kappa shape index (κ3) is 1.45. The van der Waals surface area contributed by atoms with Gasteiger partial charge in [0.05, 0.1) is 12.7 Å². The number of methoxy groups -OCH3 is 1. The monoisotopic (exact) mass is 169 g/mol. The fraction of sp³-hybridized carbons (Fsp3) is 0.143. The second-order valence-corrected chi connectivity index (χ2v) is 2.06. The lowest BCUT2D eigenvalue weighted by Gasteiger charge is -1.89. The lowest BCUT2D eigenvalue weighted by Crippen LogP contribution is -2.09. The molecule has 0 saturated carbocycles. The first-order valence-corrected chi connectivity index (χ1v) is 3.12. The van der Waals surface area contributed by atoms with Crippen LogP contribution in [0.1, 0.15) is 20.9 Å². The highest BCUT2D eigenvalue weighted by molar-refractivity contribution is 5.95. The molecule has 1 rings (SSSR count). The summed E-state index contributed by atoms with van der Waals surface area (Å²) in [5.41, 5.74) is 5.06. The molecule has 1 aromatic heterocycles.